The Labute approximate surface area is 135 Å². The maximum absolute atomic E-state index is 12.8. The number of halogens is 1. The highest BCUT2D eigenvalue weighted by molar-refractivity contribution is 9.10. The molecule has 0 unspecified atom stereocenters. The Kier molecular flexibility index (Phi) is 5.33. The number of hydrogen-bond donors (Lipinski definition) is 1. The van der Waals surface area contributed by atoms with Gasteiger partial charge in [-0.1, -0.05) is 13.3 Å². The number of nitrogens with two attached hydrogens (primary N) is 1. The molecule has 0 atom stereocenters. The number of rotatable bonds is 4. The molecule has 6 heteroatoms. The van der Waals surface area contributed by atoms with E-state index in [0.29, 0.717) is 10.2 Å². The van der Waals surface area contributed by atoms with Gasteiger partial charge in [-0.3, -0.25) is 0 Å². The molecule has 2 rings (SSSR count). The molecule has 0 aliphatic heterocycles. The molecular weight excluding hydrogens is 352 g/mol. The predicted octanol–water partition coefficient (Wildman–Crippen LogP) is 3.62. The first-order chi connectivity index (χ1) is 9.86. The van der Waals surface area contributed by atoms with Crippen LogP contribution in [0.5, 0.6) is 0 Å². The van der Waals surface area contributed by atoms with Gasteiger partial charge in [-0.2, -0.15) is 4.31 Å². The molecule has 4 nitrogen and oxygen atoms in total. The Hall–Kier alpha value is -0.590. The Morgan fingerprint density at radius 3 is 2.43 bits per heavy atom. The third-order valence-corrected chi connectivity index (χ3v) is 7.41. The first kappa shape index (κ1) is 16.8. The second kappa shape index (κ2) is 6.67. The molecule has 1 aliphatic rings. The van der Waals surface area contributed by atoms with Crippen molar-refractivity contribution in [1.29, 1.82) is 0 Å². The van der Waals surface area contributed by atoms with Gasteiger partial charge in [0.05, 0.1) is 4.90 Å². The van der Waals surface area contributed by atoms with Gasteiger partial charge in [-0.25, -0.2) is 8.42 Å². The molecule has 21 heavy (non-hydrogen) atoms. The fraction of sp³-hybridized carbons (Fsp3) is 0.600. The quantitative estimate of drug-likeness (QED) is 0.818. The van der Waals surface area contributed by atoms with E-state index in [2.05, 4.69) is 22.9 Å². The third-order valence-electron chi connectivity index (χ3n) is 4.52. The van der Waals surface area contributed by atoms with Crippen LogP contribution in [0, 0.1) is 5.92 Å². The van der Waals surface area contributed by atoms with Crippen molar-refractivity contribution in [3.8, 4) is 0 Å². The molecule has 118 valence electrons. The second-order valence-corrected chi connectivity index (χ2v) is 8.61. The molecule has 1 fully saturated rings. The van der Waals surface area contributed by atoms with Gasteiger partial charge in [0.15, 0.2) is 0 Å². The summed E-state index contributed by atoms with van der Waals surface area (Å²) < 4.78 is 27.6. The van der Waals surface area contributed by atoms with E-state index < -0.39 is 10.0 Å². The van der Waals surface area contributed by atoms with Crippen LogP contribution >= 0.6 is 15.9 Å². The maximum atomic E-state index is 12.8. The lowest BCUT2D eigenvalue weighted by Gasteiger charge is -2.33. The Morgan fingerprint density at radius 2 is 1.90 bits per heavy atom. The summed E-state index contributed by atoms with van der Waals surface area (Å²) in [6, 6.07) is 4.93. The van der Waals surface area contributed by atoms with Gasteiger partial charge in [-0.15, -0.1) is 0 Å². The second-order valence-electron chi connectivity index (χ2n) is 5.79. The van der Waals surface area contributed by atoms with Gasteiger partial charge < -0.3 is 5.73 Å². The maximum Gasteiger partial charge on any atom is 0.244 e. The normalized spacial score (nSPS) is 23.4. The van der Waals surface area contributed by atoms with Crippen molar-refractivity contribution in [3.63, 3.8) is 0 Å². The van der Waals surface area contributed by atoms with Gasteiger partial charge in [0, 0.05) is 23.2 Å². The molecule has 0 amide bonds. The largest absolute Gasteiger partial charge is 0.399 e. The standard InChI is InChI=1S/C15H23BrN2O2S/c1-3-11-4-7-13(8-5-11)18(2)21(19,20)15-9-6-12(17)10-14(15)16/h6,9-11,13H,3-5,7-8,17H2,1-2H3. The number of sulfonamides is 1. The van der Waals surface area contributed by atoms with E-state index in [1.54, 1.807) is 25.2 Å². The highest BCUT2D eigenvalue weighted by Crippen LogP contribution is 2.33. The van der Waals surface area contributed by atoms with Crippen molar-refractivity contribution < 1.29 is 8.42 Å². The van der Waals surface area contributed by atoms with E-state index in [4.69, 9.17) is 5.73 Å². The van der Waals surface area contributed by atoms with E-state index >= 15 is 0 Å². The minimum Gasteiger partial charge on any atom is -0.399 e. The summed E-state index contributed by atoms with van der Waals surface area (Å²) in [4.78, 5) is 0.289. The zero-order chi connectivity index (χ0) is 15.6. The summed E-state index contributed by atoms with van der Waals surface area (Å²) in [7, 11) is -1.79. The number of anilines is 1. The molecule has 0 radical (unpaired) electrons. The summed E-state index contributed by atoms with van der Waals surface area (Å²) in [5, 5.41) is 0. The first-order valence-electron chi connectivity index (χ1n) is 7.39. The minimum atomic E-state index is -3.48. The molecule has 0 saturated heterocycles. The number of nitrogens with zero attached hydrogens (tertiary/aromatic N) is 1. The van der Waals surface area contributed by atoms with Crippen molar-refractivity contribution in [3.05, 3.63) is 22.7 Å². The summed E-state index contributed by atoms with van der Waals surface area (Å²) in [6.45, 7) is 2.21. The highest BCUT2D eigenvalue weighted by Gasteiger charge is 2.32. The lowest BCUT2D eigenvalue weighted by Crippen LogP contribution is -2.39. The molecule has 1 aromatic carbocycles. The van der Waals surface area contributed by atoms with E-state index in [1.807, 2.05) is 0 Å². The summed E-state index contributed by atoms with van der Waals surface area (Å²) in [5.74, 6) is 0.751. The van der Waals surface area contributed by atoms with Gasteiger partial charge in [0.25, 0.3) is 0 Å². The van der Waals surface area contributed by atoms with Gasteiger partial charge in [0.1, 0.15) is 0 Å². The lowest BCUT2D eigenvalue weighted by molar-refractivity contribution is 0.233. The molecule has 1 aliphatic carbocycles. The zero-order valence-corrected chi connectivity index (χ0v) is 15.0. The Morgan fingerprint density at radius 1 is 1.29 bits per heavy atom. The molecular formula is C15H23BrN2O2S. The topological polar surface area (TPSA) is 63.4 Å². The van der Waals surface area contributed by atoms with E-state index in [-0.39, 0.29) is 10.9 Å². The minimum absolute atomic E-state index is 0.0993. The van der Waals surface area contributed by atoms with Crippen molar-refractivity contribution in [2.45, 2.75) is 50.0 Å². The van der Waals surface area contributed by atoms with Crippen molar-refractivity contribution in [2.75, 3.05) is 12.8 Å². The van der Waals surface area contributed by atoms with Gasteiger partial charge >= 0.3 is 0 Å². The van der Waals surface area contributed by atoms with Crippen LogP contribution in [0.3, 0.4) is 0 Å². The zero-order valence-electron chi connectivity index (χ0n) is 12.5. The van der Waals surface area contributed by atoms with Crippen LogP contribution in [0.15, 0.2) is 27.6 Å². The van der Waals surface area contributed by atoms with E-state index in [9.17, 15) is 8.42 Å². The average molecular weight is 375 g/mol. The molecule has 0 heterocycles. The lowest BCUT2D eigenvalue weighted by atomic mass is 9.85. The fourth-order valence-electron chi connectivity index (χ4n) is 2.99. The summed E-state index contributed by atoms with van der Waals surface area (Å²) >= 11 is 3.31. The molecule has 0 aromatic heterocycles. The average Bonchev–Trinajstić information content (AvgIpc) is 2.46. The van der Waals surface area contributed by atoms with Crippen LogP contribution in [0.2, 0.25) is 0 Å². The third kappa shape index (κ3) is 3.60. The molecule has 0 spiro atoms. The van der Waals surface area contributed by atoms with Crippen LogP contribution in [-0.4, -0.2) is 25.8 Å². The highest BCUT2D eigenvalue weighted by atomic mass is 79.9. The van der Waals surface area contributed by atoms with Crippen LogP contribution in [0.25, 0.3) is 0 Å². The molecule has 2 N–H and O–H groups in total. The van der Waals surface area contributed by atoms with Gasteiger partial charge in [0.2, 0.25) is 10.0 Å². The molecule has 1 saturated carbocycles. The number of benzene rings is 1. The Bertz CT molecular complexity index is 596. The SMILES string of the molecule is CCC1CCC(N(C)S(=O)(=O)c2ccc(N)cc2Br)CC1. The van der Waals surface area contributed by atoms with Crippen LogP contribution in [0.4, 0.5) is 5.69 Å². The van der Waals surface area contributed by atoms with E-state index in [1.165, 1.54) is 10.7 Å². The van der Waals surface area contributed by atoms with Crippen LogP contribution < -0.4 is 5.73 Å². The van der Waals surface area contributed by atoms with Crippen molar-refractivity contribution in [2.24, 2.45) is 5.92 Å². The monoisotopic (exact) mass is 374 g/mol. The summed E-state index contributed by atoms with van der Waals surface area (Å²) in [5.41, 5.74) is 6.23. The number of hydrogen-bond acceptors (Lipinski definition) is 3. The van der Waals surface area contributed by atoms with Gasteiger partial charge in [-0.05, 0) is 65.7 Å². The number of nitrogen functional groups attached to an aromatic ring is 1. The smallest absolute Gasteiger partial charge is 0.244 e. The fourth-order valence-corrected chi connectivity index (χ4v) is 5.46. The molecule has 0 bridgehead atoms. The van der Waals surface area contributed by atoms with Crippen LogP contribution in [-0.2, 0) is 10.0 Å². The van der Waals surface area contributed by atoms with Crippen LogP contribution in [0.1, 0.15) is 39.0 Å². The van der Waals surface area contributed by atoms with Crippen molar-refractivity contribution in [1.82, 2.24) is 4.31 Å². The Balaban J connectivity index is 2.19. The summed E-state index contributed by atoms with van der Waals surface area (Å²) in [6.07, 6.45) is 5.31. The first-order valence-corrected chi connectivity index (χ1v) is 9.62. The van der Waals surface area contributed by atoms with E-state index in [0.717, 1.165) is 31.6 Å². The predicted molar refractivity (Wildman–Crippen MR) is 89.5 cm³/mol. The molecule has 1 aromatic rings. The van der Waals surface area contributed by atoms with Crippen molar-refractivity contribution >= 4 is 31.6 Å².